The topological polar surface area (TPSA) is 83.6 Å². The van der Waals surface area contributed by atoms with Crippen molar-refractivity contribution in [3.8, 4) is 10.6 Å². The van der Waals surface area contributed by atoms with Crippen LogP contribution in [-0.4, -0.2) is 32.6 Å². The van der Waals surface area contributed by atoms with Gasteiger partial charge < -0.3 is 5.32 Å². The number of hydrogen-bond donors (Lipinski definition) is 2. The average molecular weight is 367 g/mol. The fraction of sp³-hybridized carbons (Fsp3) is 0.368. The van der Waals surface area contributed by atoms with Crippen molar-refractivity contribution in [3.05, 3.63) is 52.6 Å². The van der Waals surface area contributed by atoms with Crippen LogP contribution in [0.5, 0.6) is 0 Å². The van der Waals surface area contributed by atoms with Gasteiger partial charge in [0.2, 0.25) is 0 Å². The zero-order chi connectivity index (χ0) is 17.9. The van der Waals surface area contributed by atoms with Crippen LogP contribution in [0.1, 0.15) is 40.8 Å². The van der Waals surface area contributed by atoms with Gasteiger partial charge in [0.25, 0.3) is 5.91 Å². The van der Waals surface area contributed by atoms with Gasteiger partial charge >= 0.3 is 0 Å². The fourth-order valence-electron chi connectivity index (χ4n) is 3.29. The summed E-state index contributed by atoms with van der Waals surface area (Å²) in [4.78, 5) is 21.2. The normalized spacial score (nSPS) is 16.3. The van der Waals surface area contributed by atoms with E-state index in [0.717, 1.165) is 46.8 Å². The molecule has 0 spiro atoms. The molecule has 0 saturated carbocycles. The molecule has 0 bridgehead atoms. The number of aryl methyl sites for hydroxylation is 1. The van der Waals surface area contributed by atoms with Crippen molar-refractivity contribution in [2.24, 2.45) is 5.92 Å². The second-order valence-electron chi connectivity index (χ2n) is 6.77. The number of nitrogens with zero attached hydrogens (tertiary/aromatic N) is 3. The van der Waals surface area contributed by atoms with E-state index in [1.807, 2.05) is 23.7 Å². The number of pyridine rings is 1. The summed E-state index contributed by atoms with van der Waals surface area (Å²) in [6.07, 6.45) is 7.32. The van der Waals surface area contributed by atoms with Gasteiger partial charge in [0.15, 0.2) is 5.69 Å². The minimum atomic E-state index is -0.0979. The van der Waals surface area contributed by atoms with Crippen LogP contribution in [0.15, 0.2) is 29.9 Å². The third kappa shape index (κ3) is 3.53. The Labute approximate surface area is 156 Å². The van der Waals surface area contributed by atoms with Crippen molar-refractivity contribution < 1.29 is 4.79 Å². The van der Waals surface area contributed by atoms with Crippen LogP contribution in [0.4, 0.5) is 0 Å². The third-order valence-electron chi connectivity index (χ3n) is 4.73. The van der Waals surface area contributed by atoms with Gasteiger partial charge in [-0.15, -0.1) is 11.3 Å². The van der Waals surface area contributed by atoms with Crippen LogP contribution >= 0.6 is 11.3 Å². The predicted molar refractivity (Wildman–Crippen MR) is 101 cm³/mol. The van der Waals surface area contributed by atoms with E-state index in [2.05, 4.69) is 32.4 Å². The van der Waals surface area contributed by atoms with Crippen LogP contribution in [0.3, 0.4) is 0 Å². The van der Waals surface area contributed by atoms with Crippen LogP contribution < -0.4 is 5.32 Å². The Kier molecular flexibility index (Phi) is 4.79. The van der Waals surface area contributed by atoms with E-state index in [0.29, 0.717) is 24.6 Å². The lowest BCUT2D eigenvalue weighted by molar-refractivity contribution is 0.0948. The number of rotatable bonds is 5. The number of carbonyl (C=O) groups is 1. The fourth-order valence-corrected chi connectivity index (χ4v) is 4.13. The minimum Gasteiger partial charge on any atom is -0.350 e. The maximum atomic E-state index is 12.5. The van der Waals surface area contributed by atoms with Gasteiger partial charge in [-0.05, 0) is 37.3 Å². The second-order valence-corrected chi connectivity index (χ2v) is 7.63. The number of hydrogen-bond acceptors (Lipinski definition) is 5. The monoisotopic (exact) mass is 367 g/mol. The largest absolute Gasteiger partial charge is 0.350 e. The molecule has 0 aliphatic heterocycles. The standard InChI is InChI=1S/C19H21N5OS/c1-12-4-5-16-15(9-12)17(24-23-16)18(25)21-8-6-14-11-26-19(22-14)13-3-2-7-20-10-13/h2-3,7,10-12H,4-6,8-9H2,1H3,(H,21,25)(H,23,24)/t12-/m0/s1. The number of aromatic nitrogens is 4. The maximum Gasteiger partial charge on any atom is 0.272 e. The van der Waals surface area contributed by atoms with Gasteiger partial charge in [-0.25, -0.2) is 4.98 Å². The summed E-state index contributed by atoms with van der Waals surface area (Å²) in [6.45, 7) is 2.77. The highest BCUT2D eigenvalue weighted by Gasteiger charge is 2.24. The van der Waals surface area contributed by atoms with Crippen molar-refractivity contribution in [1.29, 1.82) is 0 Å². The van der Waals surface area contributed by atoms with Gasteiger partial charge in [-0.1, -0.05) is 6.92 Å². The zero-order valence-electron chi connectivity index (χ0n) is 14.7. The highest BCUT2D eigenvalue weighted by atomic mass is 32.1. The van der Waals surface area contributed by atoms with Crippen molar-refractivity contribution in [3.63, 3.8) is 0 Å². The summed E-state index contributed by atoms with van der Waals surface area (Å²) in [5.74, 6) is 0.506. The Bertz CT molecular complexity index is 902. The lowest BCUT2D eigenvalue weighted by Crippen LogP contribution is -2.27. The summed E-state index contributed by atoms with van der Waals surface area (Å²) < 4.78 is 0. The summed E-state index contributed by atoms with van der Waals surface area (Å²) in [7, 11) is 0. The lowest BCUT2D eigenvalue weighted by atomic mass is 9.87. The number of thiazole rings is 1. The van der Waals surface area contributed by atoms with E-state index >= 15 is 0 Å². The summed E-state index contributed by atoms with van der Waals surface area (Å²) in [5, 5.41) is 13.2. The van der Waals surface area contributed by atoms with Crippen molar-refractivity contribution in [2.45, 2.75) is 32.6 Å². The first-order valence-electron chi connectivity index (χ1n) is 8.90. The highest BCUT2D eigenvalue weighted by molar-refractivity contribution is 7.13. The Morgan fingerprint density at radius 1 is 1.46 bits per heavy atom. The molecule has 3 aromatic heterocycles. The molecule has 0 aromatic carbocycles. The quantitative estimate of drug-likeness (QED) is 0.726. The molecule has 1 aliphatic rings. The Hall–Kier alpha value is -2.54. The Balaban J connectivity index is 1.35. The first kappa shape index (κ1) is 16.9. The molecule has 1 amide bonds. The Morgan fingerprint density at radius 3 is 3.23 bits per heavy atom. The summed E-state index contributed by atoms with van der Waals surface area (Å²) >= 11 is 1.60. The van der Waals surface area contributed by atoms with Crippen molar-refractivity contribution in [1.82, 2.24) is 25.5 Å². The van der Waals surface area contributed by atoms with Crippen molar-refractivity contribution in [2.75, 3.05) is 6.54 Å². The average Bonchev–Trinajstić information content (AvgIpc) is 3.29. The molecule has 0 saturated heterocycles. The number of carbonyl (C=O) groups excluding carboxylic acids is 1. The number of nitrogens with one attached hydrogen (secondary N) is 2. The SMILES string of the molecule is C[C@H]1CCc2[nH]nc(C(=O)NCCc3csc(-c4cccnc4)n3)c2C1. The minimum absolute atomic E-state index is 0.0979. The van der Waals surface area contributed by atoms with Gasteiger partial charge in [0, 0.05) is 47.6 Å². The molecule has 134 valence electrons. The molecule has 4 rings (SSSR count). The van der Waals surface area contributed by atoms with E-state index in [9.17, 15) is 4.79 Å². The van der Waals surface area contributed by atoms with Gasteiger partial charge in [-0.3, -0.25) is 14.9 Å². The number of fused-ring (bicyclic) bond motifs is 1. The van der Waals surface area contributed by atoms with E-state index in [1.54, 1.807) is 17.5 Å². The molecule has 3 aromatic rings. The van der Waals surface area contributed by atoms with E-state index in [4.69, 9.17) is 0 Å². The van der Waals surface area contributed by atoms with Gasteiger partial charge in [0.1, 0.15) is 5.01 Å². The predicted octanol–water partition coefficient (Wildman–Crippen LogP) is 3.03. The van der Waals surface area contributed by atoms with Gasteiger partial charge in [-0.2, -0.15) is 5.10 Å². The number of amides is 1. The van der Waals surface area contributed by atoms with Crippen LogP contribution in [0.2, 0.25) is 0 Å². The first-order chi connectivity index (χ1) is 12.7. The summed E-state index contributed by atoms with van der Waals surface area (Å²) in [5.41, 5.74) is 4.76. The van der Waals surface area contributed by atoms with E-state index in [1.165, 1.54) is 0 Å². The molecule has 3 heterocycles. The second kappa shape index (κ2) is 7.37. The molecule has 0 fully saturated rings. The lowest BCUT2D eigenvalue weighted by Gasteiger charge is -2.17. The smallest absolute Gasteiger partial charge is 0.272 e. The highest BCUT2D eigenvalue weighted by Crippen LogP contribution is 2.26. The molecular weight excluding hydrogens is 346 g/mol. The molecule has 26 heavy (non-hydrogen) atoms. The number of aromatic amines is 1. The maximum absolute atomic E-state index is 12.5. The first-order valence-corrected chi connectivity index (χ1v) is 9.78. The van der Waals surface area contributed by atoms with Crippen LogP contribution in [0.25, 0.3) is 10.6 Å². The third-order valence-corrected chi connectivity index (χ3v) is 5.67. The molecule has 0 unspecified atom stereocenters. The van der Waals surface area contributed by atoms with E-state index < -0.39 is 0 Å². The molecule has 6 nitrogen and oxygen atoms in total. The molecule has 1 atom stereocenters. The van der Waals surface area contributed by atoms with Gasteiger partial charge in [0.05, 0.1) is 5.69 Å². The molecular formula is C19H21N5OS. The number of H-pyrrole nitrogens is 1. The van der Waals surface area contributed by atoms with Crippen LogP contribution in [0, 0.1) is 5.92 Å². The van der Waals surface area contributed by atoms with E-state index in [-0.39, 0.29) is 5.91 Å². The molecule has 0 radical (unpaired) electrons. The van der Waals surface area contributed by atoms with Crippen molar-refractivity contribution >= 4 is 17.2 Å². The molecule has 2 N–H and O–H groups in total. The summed E-state index contributed by atoms with van der Waals surface area (Å²) in [6, 6.07) is 3.90. The Morgan fingerprint density at radius 2 is 2.38 bits per heavy atom. The van der Waals surface area contributed by atoms with Crippen LogP contribution in [-0.2, 0) is 19.3 Å². The zero-order valence-corrected chi connectivity index (χ0v) is 15.5. The molecule has 7 heteroatoms. The molecule has 1 aliphatic carbocycles.